The lowest BCUT2D eigenvalue weighted by molar-refractivity contribution is -0.154. The van der Waals surface area contributed by atoms with Gasteiger partial charge >= 0.3 is 5.97 Å². The summed E-state index contributed by atoms with van der Waals surface area (Å²) < 4.78 is 56.3. The van der Waals surface area contributed by atoms with Gasteiger partial charge in [0.25, 0.3) is 16.7 Å². The van der Waals surface area contributed by atoms with Gasteiger partial charge in [0.2, 0.25) is 19.1 Å². The normalized spacial score (nSPS) is 12.3. The number of hydrogen-bond acceptors (Lipinski definition) is 13. The lowest BCUT2D eigenvalue weighted by Crippen LogP contribution is -2.24. The molecule has 5 heterocycles. The largest absolute Gasteiger partial charge is 0.460 e. The Balaban J connectivity index is 0.000000174. The molecular weight excluding hydrogens is 1320 g/mol. The van der Waals surface area contributed by atoms with E-state index in [0.29, 0.717) is 68.2 Å². The number of aliphatic imine (C=N–C) groups is 2. The molecule has 0 unspecified atom stereocenters. The summed E-state index contributed by atoms with van der Waals surface area (Å²) in [6.07, 6.45) is 5.80. The van der Waals surface area contributed by atoms with E-state index in [1.54, 1.807) is 112 Å². The Hall–Kier alpha value is -8.69. The highest BCUT2D eigenvalue weighted by molar-refractivity contribution is 8.13. The number of pyridine rings is 3. The van der Waals surface area contributed by atoms with E-state index in [2.05, 4.69) is 15.4 Å². The minimum atomic E-state index is -3.42. The number of carbonyl (C=O) groups excluding carboxylic acids is 2. The number of hydrogen-bond donors (Lipinski definition) is 2. The van der Waals surface area contributed by atoms with Crippen molar-refractivity contribution in [3.8, 4) is 33.4 Å². The van der Waals surface area contributed by atoms with Crippen LogP contribution in [0.5, 0.6) is 0 Å². The van der Waals surface area contributed by atoms with Crippen LogP contribution in [-0.4, -0.2) is 70.8 Å². The van der Waals surface area contributed by atoms with Gasteiger partial charge in [-0.2, -0.15) is 0 Å². The molecule has 17 nitrogen and oxygen atoms in total. The lowest BCUT2D eigenvalue weighted by atomic mass is 9.90. The predicted molar refractivity (Wildman–Crippen MR) is 380 cm³/mol. The smallest absolute Gasteiger partial charge is 0.306 e. The third-order valence-electron chi connectivity index (χ3n) is 15.0. The Morgan fingerprint density at radius 3 is 1.50 bits per heavy atom. The number of benzene rings is 6. The number of nitrogen functional groups attached to an aromatic ring is 1. The maximum absolute atomic E-state index is 13.4. The van der Waals surface area contributed by atoms with Crippen LogP contribution in [-0.2, 0) is 69.3 Å². The number of aromatic nitrogens is 3. The number of nitrogens with one attached hydrogen (secondary N) is 1. The second-order valence-electron chi connectivity index (χ2n) is 23.2. The van der Waals surface area contributed by atoms with Gasteiger partial charge in [0.05, 0.1) is 36.0 Å². The summed E-state index contributed by atoms with van der Waals surface area (Å²) in [6.45, 7) is 11.3. The van der Waals surface area contributed by atoms with E-state index in [9.17, 15) is 40.8 Å². The van der Waals surface area contributed by atoms with Crippen LogP contribution in [0.25, 0.3) is 33.4 Å². The first-order chi connectivity index (χ1) is 44.3. The minimum absolute atomic E-state index is 0.00849. The standard InChI is InChI=1S/C27H28ClNO4.C22H20ClN3O3S.C20H16ClN3O.C2H5ClO2S/c1-17-6-12-21(26(32)18-7-10-20(28)11-8-18)22(14-17)23-16-29(5)24(30)15-19(23)9-13-25(31)33-27(2,3)4;1-3-30(28,29)25-17-8-9-18-19(11-17)20-13-26(2)21(27)10-15(20)12-24-22(18)14-4-6-16(23)7-5-14;1-24-11-18-13(8-19(24)25)10-23-20(12-2-4-14(21)5-3-12)16-7-6-15(22)9-17(16)18;1-2-6(3,4)5/h6-8,10-12,14-16H,9,13H2,1-5H3;4-11,13,25H,3,12H2,1-2H3;2-9,11H,10,22H2,1H3;2H2,1H3. The Bertz CT molecular complexity index is 4870. The second-order valence-corrected chi connectivity index (χ2v) is 29.6. The van der Waals surface area contributed by atoms with Gasteiger partial charge in [0, 0.05) is 152 Å². The summed E-state index contributed by atoms with van der Waals surface area (Å²) in [5, 5.41) is 1.86. The van der Waals surface area contributed by atoms with Crippen molar-refractivity contribution in [2.75, 3.05) is 22.0 Å². The minimum Gasteiger partial charge on any atom is -0.460 e. The van der Waals surface area contributed by atoms with Gasteiger partial charge in [-0.1, -0.05) is 102 Å². The topological polar surface area (TPSA) is 240 Å². The molecule has 6 aromatic carbocycles. The maximum atomic E-state index is 13.4. The van der Waals surface area contributed by atoms with Crippen molar-refractivity contribution >= 4 is 99.1 Å². The van der Waals surface area contributed by atoms with E-state index in [-0.39, 0.29) is 46.4 Å². The molecule has 3 aromatic heterocycles. The molecule has 94 heavy (non-hydrogen) atoms. The monoisotopic (exact) mass is 1380 g/mol. The highest BCUT2D eigenvalue weighted by Crippen LogP contribution is 2.37. The molecule has 0 radical (unpaired) electrons. The van der Waals surface area contributed by atoms with Gasteiger partial charge in [0.1, 0.15) is 5.60 Å². The molecular formula is C71H69Cl4N7O10S2. The van der Waals surface area contributed by atoms with Crippen molar-refractivity contribution in [2.24, 2.45) is 31.1 Å². The number of rotatable bonds is 12. The molecule has 9 aromatic rings. The number of anilines is 2. The average molecular weight is 1390 g/mol. The molecule has 11 rings (SSSR count). The SMILES string of the molecule is CCS(=O)(=O)Cl.CCS(=O)(=O)Nc1ccc2c(c1)-c1cn(C)c(=O)cc1CN=C2c1ccc(Cl)cc1.Cc1ccc(C(=O)c2ccc(Cl)cc2)c(-c2cn(C)c(=O)cc2CCC(=O)OC(C)(C)C)c1.Cn1cc2c(cc1=O)CN=C(c1ccc(Cl)cc1)c1ccc(N)cc1-2. The number of fused-ring (bicyclic) bond motifs is 6. The average Bonchev–Trinajstić information content (AvgIpc) is 1.52. The first-order valence-electron chi connectivity index (χ1n) is 29.6. The van der Waals surface area contributed by atoms with Crippen molar-refractivity contribution in [1.82, 2.24) is 13.7 Å². The van der Waals surface area contributed by atoms with Crippen LogP contribution >= 0.6 is 45.5 Å². The Kier molecular flexibility index (Phi) is 22.8. The van der Waals surface area contributed by atoms with Crippen LogP contribution in [0.1, 0.15) is 101 Å². The first kappa shape index (κ1) is 71.2. The first-order valence-corrected chi connectivity index (χ1v) is 34.9. The van der Waals surface area contributed by atoms with E-state index in [1.807, 2.05) is 107 Å². The van der Waals surface area contributed by atoms with E-state index in [4.69, 9.17) is 55.3 Å². The molecule has 0 bridgehead atoms. The molecule has 0 saturated carbocycles. The van der Waals surface area contributed by atoms with Gasteiger partial charge in [-0.05, 0) is 147 Å². The molecule has 488 valence electrons. The number of nitrogens with two attached hydrogens (primary N) is 1. The zero-order valence-corrected chi connectivity index (χ0v) is 57.7. The zero-order valence-electron chi connectivity index (χ0n) is 53.1. The number of halogens is 4. The van der Waals surface area contributed by atoms with E-state index >= 15 is 0 Å². The fourth-order valence-corrected chi connectivity index (χ4v) is 11.2. The van der Waals surface area contributed by atoms with E-state index in [0.717, 1.165) is 78.2 Å². The summed E-state index contributed by atoms with van der Waals surface area (Å²) in [5.41, 5.74) is 21.1. The van der Waals surface area contributed by atoms with Crippen molar-refractivity contribution in [2.45, 2.75) is 73.1 Å². The van der Waals surface area contributed by atoms with Crippen molar-refractivity contribution in [3.63, 3.8) is 0 Å². The second kappa shape index (κ2) is 30.2. The highest BCUT2D eigenvalue weighted by atomic mass is 35.7. The van der Waals surface area contributed by atoms with Crippen LogP contribution < -0.4 is 27.1 Å². The highest BCUT2D eigenvalue weighted by Gasteiger charge is 2.25. The van der Waals surface area contributed by atoms with Gasteiger partial charge in [-0.15, -0.1) is 0 Å². The zero-order chi connectivity index (χ0) is 68.6. The van der Waals surface area contributed by atoms with Gasteiger partial charge in [-0.3, -0.25) is 38.7 Å². The van der Waals surface area contributed by atoms with Gasteiger partial charge in [-0.25, -0.2) is 16.8 Å². The maximum Gasteiger partial charge on any atom is 0.306 e. The molecule has 3 N–H and O–H groups in total. The summed E-state index contributed by atoms with van der Waals surface area (Å²) in [6, 6.07) is 43.3. The number of aryl methyl sites for hydroxylation is 5. The van der Waals surface area contributed by atoms with Crippen molar-refractivity contribution in [1.29, 1.82) is 0 Å². The molecule has 0 amide bonds. The Morgan fingerprint density at radius 2 is 1.02 bits per heavy atom. The number of carbonyl (C=O) groups is 2. The van der Waals surface area contributed by atoms with Crippen LogP contribution in [0, 0.1) is 6.92 Å². The third-order valence-corrected chi connectivity index (χ3v) is 18.4. The molecule has 0 atom stereocenters. The van der Waals surface area contributed by atoms with Gasteiger partial charge < -0.3 is 24.2 Å². The van der Waals surface area contributed by atoms with Crippen LogP contribution in [0.15, 0.2) is 189 Å². The Labute approximate surface area is 565 Å². The fraction of sp³-hybridized carbons (Fsp3) is 0.225. The van der Waals surface area contributed by atoms with Crippen LogP contribution in [0.4, 0.5) is 11.4 Å². The van der Waals surface area contributed by atoms with E-state index in [1.165, 1.54) is 22.1 Å². The number of esters is 1. The molecule has 0 aliphatic carbocycles. The molecule has 0 spiro atoms. The number of ketones is 1. The van der Waals surface area contributed by atoms with E-state index < -0.39 is 24.7 Å². The predicted octanol–water partition coefficient (Wildman–Crippen LogP) is 13.6. The summed E-state index contributed by atoms with van der Waals surface area (Å²) in [4.78, 5) is 71.9. The number of ether oxygens (including phenoxy) is 1. The van der Waals surface area contributed by atoms with Gasteiger partial charge in [0.15, 0.2) is 5.78 Å². The molecule has 0 fully saturated rings. The summed E-state index contributed by atoms with van der Waals surface area (Å²) in [5.74, 6) is -0.495. The van der Waals surface area contributed by atoms with Crippen LogP contribution in [0.3, 0.4) is 0 Å². The molecule has 2 aliphatic heterocycles. The number of sulfonamides is 1. The summed E-state index contributed by atoms with van der Waals surface area (Å²) >= 11 is 18.0. The fourth-order valence-electron chi connectivity index (χ4n) is 10.2. The molecule has 23 heteroatoms. The Morgan fingerprint density at radius 1 is 0.564 bits per heavy atom. The molecule has 2 aliphatic rings. The lowest BCUT2D eigenvalue weighted by Gasteiger charge is -2.20. The molecule has 0 saturated heterocycles. The summed E-state index contributed by atoms with van der Waals surface area (Å²) in [7, 11) is 3.19. The third kappa shape index (κ3) is 18.4. The number of nitrogens with zero attached hydrogens (tertiary/aromatic N) is 5. The van der Waals surface area contributed by atoms with Crippen molar-refractivity contribution < 1.29 is 31.2 Å². The quantitative estimate of drug-likeness (QED) is 0.0504. The van der Waals surface area contributed by atoms with Crippen molar-refractivity contribution in [3.05, 3.63) is 266 Å². The van der Waals surface area contributed by atoms with Crippen LogP contribution in [0.2, 0.25) is 15.1 Å².